The van der Waals surface area contributed by atoms with E-state index in [4.69, 9.17) is 0 Å². The molecule has 1 heterocycles. The Bertz CT molecular complexity index is 579. The zero-order chi connectivity index (χ0) is 16.5. The van der Waals surface area contributed by atoms with E-state index in [9.17, 15) is 4.79 Å². The van der Waals surface area contributed by atoms with Crippen LogP contribution in [0.2, 0.25) is 0 Å². The van der Waals surface area contributed by atoms with Gasteiger partial charge in [-0.2, -0.15) is 5.10 Å². The first-order valence-electron chi connectivity index (χ1n) is 8.17. The standard InChI is InChI=1S/C18H29N3O/c1-12(2)10-15-16(18(15,5)6)17(22)19-8-7-9-21-14(4)11-13(3)20-21/h10-11,15-16H,7-9H2,1-6H3,(H,19,22)/t15-,16+/m0/s1. The largest absolute Gasteiger partial charge is 0.356 e. The lowest BCUT2D eigenvalue weighted by Gasteiger charge is -2.07. The highest BCUT2D eigenvalue weighted by Crippen LogP contribution is 2.59. The van der Waals surface area contributed by atoms with Gasteiger partial charge in [-0.05, 0) is 51.5 Å². The van der Waals surface area contributed by atoms with Gasteiger partial charge in [0.15, 0.2) is 0 Å². The Morgan fingerprint density at radius 2 is 2.09 bits per heavy atom. The van der Waals surface area contributed by atoms with Crippen molar-refractivity contribution in [1.29, 1.82) is 0 Å². The smallest absolute Gasteiger partial charge is 0.224 e. The Balaban J connectivity index is 1.77. The molecule has 22 heavy (non-hydrogen) atoms. The average molecular weight is 303 g/mol. The average Bonchev–Trinajstić information content (AvgIpc) is 2.75. The molecule has 2 atom stereocenters. The third-order valence-corrected chi connectivity index (χ3v) is 4.66. The maximum absolute atomic E-state index is 12.3. The Kier molecular flexibility index (Phi) is 4.78. The molecule has 1 N–H and O–H groups in total. The lowest BCUT2D eigenvalue weighted by molar-refractivity contribution is -0.123. The summed E-state index contributed by atoms with van der Waals surface area (Å²) in [5.41, 5.74) is 3.61. The van der Waals surface area contributed by atoms with Crippen molar-refractivity contribution in [3.05, 3.63) is 29.1 Å². The van der Waals surface area contributed by atoms with E-state index in [1.807, 2.05) is 11.6 Å². The lowest BCUT2D eigenvalue weighted by atomic mass is 10.1. The fraction of sp³-hybridized carbons (Fsp3) is 0.667. The molecule has 122 valence electrons. The zero-order valence-corrected chi connectivity index (χ0v) is 14.7. The van der Waals surface area contributed by atoms with Gasteiger partial charge in [0.1, 0.15) is 0 Å². The van der Waals surface area contributed by atoms with Crippen LogP contribution in [0.4, 0.5) is 0 Å². The van der Waals surface area contributed by atoms with E-state index in [0.717, 1.165) is 18.7 Å². The summed E-state index contributed by atoms with van der Waals surface area (Å²) in [6.07, 6.45) is 3.15. The third kappa shape index (κ3) is 3.60. The number of allylic oxidation sites excluding steroid dienone is 2. The van der Waals surface area contributed by atoms with Gasteiger partial charge in [-0.25, -0.2) is 0 Å². The second-order valence-electron chi connectivity index (χ2n) is 7.36. The molecular weight excluding hydrogens is 274 g/mol. The molecule has 0 aliphatic heterocycles. The van der Waals surface area contributed by atoms with Crippen LogP contribution in [0.5, 0.6) is 0 Å². The van der Waals surface area contributed by atoms with Crippen molar-refractivity contribution in [1.82, 2.24) is 15.1 Å². The number of aryl methyl sites for hydroxylation is 3. The fourth-order valence-corrected chi connectivity index (χ4v) is 3.30. The molecule has 0 aromatic carbocycles. The van der Waals surface area contributed by atoms with Gasteiger partial charge in [0.05, 0.1) is 11.6 Å². The molecule has 1 amide bonds. The summed E-state index contributed by atoms with van der Waals surface area (Å²) in [6.45, 7) is 14.2. The van der Waals surface area contributed by atoms with Crippen LogP contribution in [-0.4, -0.2) is 22.2 Å². The van der Waals surface area contributed by atoms with Crippen molar-refractivity contribution in [2.45, 2.75) is 54.5 Å². The summed E-state index contributed by atoms with van der Waals surface area (Å²) >= 11 is 0. The molecule has 0 radical (unpaired) electrons. The van der Waals surface area contributed by atoms with Crippen LogP contribution in [-0.2, 0) is 11.3 Å². The third-order valence-electron chi connectivity index (χ3n) is 4.66. The summed E-state index contributed by atoms with van der Waals surface area (Å²) in [5, 5.41) is 7.53. The van der Waals surface area contributed by atoms with Crippen LogP contribution in [0, 0.1) is 31.1 Å². The molecule has 1 aromatic rings. The fourth-order valence-electron chi connectivity index (χ4n) is 3.30. The van der Waals surface area contributed by atoms with Crippen LogP contribution in [0.15, 0.2) is 17.7 Å². The van der Waals surface area contributed by atoms with Crippen LogP contribution < -0.4 is 5.32 Å². The van der Waals surface area contributed by atoms with Crippen molar-refractivity contribution < 1.29 is 4.79 Å². The van der Waals surface area contributed by atoms with Gasteiger partial charge in [0.25, 0.3) is 0 Å². The highest BCUT2D eigenvalue weighted by molar-refractivity contribution is 5.83. The Hall–Kier alpha value is -1.58. The molecular formula is C18H29N3O. The number of carbonyl (C=O) groups is 1. The number of amides is 1. The SMILES string of the molecule is CC(C)=C[C@H]1[C@H](C(=O)NCCCn2nc(C)cc2C)C1(C)C. The molecule has 1 fully saturated rings. The van der Waals surface area contributed by atoms with E-state index in [0.29, 0.717) is 12.5 Å². The maximum Gasteiger partial charge on any atom is 0.224 e. The number of hydrogen-bond donors (Lipinski definition) is 1. The first-order chi connectivity index (χ1) is 10.2. The van der Waals surface area contributed by atoms with Crippen molar-refractivity contribution in [3.8, 4) is 0 Å². The van der Waals surface area contributed by atoms with Crippen molar-refractivity contribution >= 4 is 5.91 Å². The number of rotatable bonds is 6. The second-order valence-corrected chi connectivity index (χ2v) is 7.36. The molecule has 1 aromatic heterocycles. The van der Waals surface area contributed by atoms with Gasteiger partial charge in [-0.3, -0.25) is 9.48 Å². The second kappa shape index (κ2) is 6.27. The van der Waals surface area contributed by atoms with Crippen LogP contribution in [0.3, 0.4) is 0 Å². The molecule has 0 saturated heterocycles. The maximum atomic E-state index is 12.3. The van der Waals surface area contributed by atoms with Gasteiger partial charge in [0.2, 0.25) is 5.91 Å². The summed E-state index contributed by atoms with van der Waals surface area (Å²) in [5.74, 6) is 0.700. The van der Waals surface area contributed by atoms with Crippen molar-refractivity contribution in [2.24, 2.45) is 17.3 Å². The van der Waals surface area contributed by atoms with Crippen LogP contribution in [0.1, 0.15) is 45.5 Å². The first kappa shape index (κ1) is 16.8. The highest BCUT2D eigenvalue weighted by Gasteiger charge is 2.60. The monoisotopic (exact) mass is 303 g/mol. The summed E-state index contributed by atoms with van der Waals surface area (Å²) in [6, 6.07) is 2.08. The van der Waals surface area contributed by atoms with Gasteiger partial charge in [-0.15, -0.1) is 0 Å². The quantitative estimate of drug-likeness (QED) is 0.648. The summed E-state index contributed by atoms with van der Waals surface area (Å²) < 4.78 is 2.01. The van der Waals surface area contributed by atoms with Gasteiger partial charge in [0, 0.05) is 18.8 Å². The van der Waals surface area contributed by atoms with E-state index >= 15 is 0 Å². The molecule has 0 spiro atoms. The Morgan fingerprint density at radius 1 is 1.41 bits per heavy atom. The normalized spacial score (nSPS) is 22.3. The predicted octanol–water partition coefficient (Wildman–Crippen LogP) is 3.24. The molecule has 4 nitrogen and oxygen atoms in total. The molecule has 4 heteroatoms. The van der Waals surface area contributed by atoms with E-state index in [2.05, 4.69) is 57.2 Å². The molecule has 1 aliphatic carbocycles. The van der Waals surface area contributed by atoms with Crippen LogP contribution in [0.25, 0.3) is 0 Å². The number of aromatic nitrogens is 2. The number of hydrogen-bond acceptors (Lipinski definition) is 2. The lowest BCUT2D eigenvalue weighted by Crippen LogP contribution is -2.28. The van der Waals surface area contributed by atoms with Crippen LogP contribution >= 0.6 is 0 Å². The van der Waals surface area contributed by atoms with E-state index in [1.54, 1.807) is 0 Å². The van der Waals surface area contributed by atoms with Crippen molar-refractivity contribution in [3.63, 3.8) is 0 Å². The van der Waals surface area contributed by atoms with E-state index < -0.39 is 0 Å². The molecule has 1 aliphatic rings. The van der Waals surface area contributed by atoms with Gasteiger partial charge in [-0.1, -0.05) is 25.5 Å². The first-order valence-corrected chi connectivity index (χ1v) is 8.17. The molecule has 0 bridgehead atoms. The van der Waals surface area contributed by atoms with Gasteiger partial charge < -0.3 is 5.32 Å². The molecule has 0 unspecified atom stereocenters. The minimum absolute atomic E-state index is 0.0943. The number of nitrogens with zero attached hydrogens (tertiary/aromatic N) is 2. The van der Waals surface area contributed by atoms with Gasteiger partial charge >= 0.3 is 0 Å². The highest BCUT2D eigenvalue weighted by atomic mass is 16.2. The Labute approximate surface area is 134 Å². The predicted molar refractivity (Wildman–Crippen MR) is 89.5 cm³/mol. The topological polar surface area (TPSA) is 46.9 Å². The minimum Gasteiger partial charge on any atom is -0.356 e. The Morgan fingerprint density at radius 3 is 2.64 bits per heavy atom. The van der Waals surface area contributed by atoms with Crippen molar-refractivity contribution in [2.75, 3.05) is 6.54 Å². The number of carbonyl (C=O) groups excluding carboxylic acids is 1. The zero-order valence-electron chi connectivity index (χ0n) is 14.7. The van der Waals surface area contributed by atoms with E-state index in [1.165, 1.54) is 11.3 Å². The summed E-state index contributed by atoms with van der Waals surface area (Å²) in [7, 11) is 0. The summed E-state index contributed by atoms with van der Waals surface area (Å²) in [4.78, 5) is 12.3. The molecule has 2 rings (SSSR count). The van der Waals surface area contributed by atoms with E-state index in [-0.39, 0.29) is 17.2 Å². The number of nitrogens with one attached hydrogen (secondary N) is 1. The minimum atomic E-state index is 0.0943. The molecule has 1 saturated carbocycles.